The Hall–Kier alpha value is -2.42. The summed E-state index contributed by atoms with van der Waals surface area (Å²) in [6, 6.07) is 1.14. The molecule has 1 aromatic carbocycles. The zero-order chi connectivity index (χ0) is 18.6. The van der Waals surface area contributed by atoms with Crippen molar-refractivity contribution in [1.82, 2.24) is 10.2 Å². The van der Waals surface area contributed by atoms with Gasteiger partial charge in [-0.2, -0.15) is 0 Å². The lowest BCUT2D eigenvalue weighted by atomic mass is 9.85. The van der Waals surface area contributed by atoms with E-state index in [4.69, 9.17) is 9.84 Å². The minimum atomic E-state index is -1.09. The van der Waals surface area contributed by atoms with Gasteiger partial charge in [0.2, 0.25) is 0 Å². The first-order chi connectivity index (χ1) is 11.8. The van der Waals surface area contributed by atoms with Gasteiger partial charge in [0.05, 0.1) is 19.3 Å². The van der Waals surface area contributed by atoms with Gasteiger partial charge in [0.25, 0.3) is 0 Å². The Morgan fingerprint density at radius 2 is 1.96 bits per heavy atom. The minimum absolute atomic E-state index is 0.0131. The van der Waals surface area contributed by atoms with Crippen LogP contribution in [-0.2, 0) is 4.79 Å². The van der Waals surface area contributed by atoms with Crippen LogP contribution in [0.25, 0.3) is 0 Å². The lowest BCUT2D eigenvalue weighted by Crippen LogP contribution is -2.55. The molecule has 1 aromatic rings. The summed E-state index contributed by atoms with van der Waals surface area (Å²) in [5, 5.41) is 14.0. The van der Waals surface area contributed by atoms with E-state index in [0.29, 0.717) is 19.4 Å². The van der Waals surface area contributed by atoms with Crippen molar-refractivity contribution in [3.8, 4) is 5.75 Å². The Morgan fingerprint density at radius 3 is 2.52 bits per heavy atom. The van der Waals surface area contributed by atoms with Crippen molar-refractivity contribution >= 4 is 17.7 Å². The number of methoxy groups -OCH3 is 1. The van der Waals surface area contributed by atoms with Gasteiger partial charge in [-0.05, 0) is 19.4 Å². The third kappa shape index (κ3) is 4.79. The van der Waals surface area contributed by atoms with Crippen LogP contribution in [0.1, 0.15) is 19.8 Å². The fraction of sp³-hybridized carbons (Fsp3) is 0.500. The standard InChI is InChI=1S/C16H21F2N3O4/c1-3-21(8-15(22)23)10-4-9(5-10)19-16(24)20-13-6-11(17)12(18)7-14(13)25-2/h6-7,9-10H,3-5,8H2,1-2H3,(H,22,23)(H2,19,20,24). The van der Waals surface area contributed by atoms with Gasteiger partial charge >= 0.3 is 12.0 Å². The van der Waals surface area contributed by atoms with Gasteiger partial charge in [0, 0.05) is 24.2 Å². The monoisotopic (exact) mass is 357 g/mol. The van der Waals surface area contributed by atoms with Gasteiger partial charge in [-0.3, -0.25) is 9.69 Å². The van der Waals surface area contributed by atoms with Crippen molar-refractivity contribution < 1.29 is 28.2 Å². The summed E-state index contributed by atoms with van der Waals surface area (Å²) in [4.78, 5) is 24.6. The van der Waals surface area contributed by atoms with Crippen LogP contribution in [0.3, 0.4) is 0 Å². The molecule has 1 aliphatic carbocycles. The summed E-state index contributed by atoms with van der Waals surface area (Å²) in [7, 11) is 1.29. The summed E-state index contributed by atoms with van der Waals surface area (Å²) in [6.45, 7) is 2.46. The third-order valence-electron chi connectivity index (χ3n) is 4.20. The average molecular weight is 357 g/mol. The van der Waals surface area contributed by atoms with E-state index in [-0.39, 0.29) is 30.1 Å². The molecule has 1 aliphatic rings. The Morgan fingerprint density at radius 1 is 1.32 bits per heavy atom. The number of aliphatic carboxylic acids is 1. The highest BCUT2D eigenvalue weighted by Crippen LogP contribution is 2.28. The van der Waals surface area contributed by atoms with Crippen molar-refractivity contribution in [1.29, 1.82) is 0 Å². The molecule has 1 saturated carbocycles. The van der Waals surface area contributed by atoms with Crippen LogP contribution in [0.15, 0.2) is 12.1 Å². The van der Waals surface area contributed by atoms with Crippen LogP contribution in [0.2, 0.25) is 0 Å². The first-order valence-corrected chi connectivity index (χ1v) is 7.90. The fourth-order valence-corrected chi connectivity index (χ4v) is 2.82. The quantitative estimate of drug-likeness (QED) is 0.695. The fourth-order valence-electron chi connectivity index (χ4n) is 2.82. The van der Waals surface area contributed by atoms with Gasteiger partial charge in [-0.15, -0.1) is 0 Å². The lowest BCUT2D eigenvalue weighted by molar-refractivity contribution is -0.139. The number of hydrogen-bond acceptors (Lipinski definition) is 4. The molecule has 0 atom stereocenters. The van der Waals surface area contributed by atoms with Gasteiger partial charge in [0.15, 0.2) is 11.6 Å². The number of urea groups is 1. The van der Waals surface area contributed by atoms with Crippen molar-refractivity contribution in [2.75, 3.05) is 25.5 Å². The average Bonchev–Trinajstić information content (AvgIpc) is 2.51. The predicted octanol–water partition coefficient (Wildman–Crippen LogP) is 2.03. The maximum Gasteiger partial charge on any atom is 0.319 e. The second-order valence-corrected chi connectivity index (χ2v) is 5.84. The maximum atomic E-state index is 13.3. The van der Waals surface area contributed by atoms with Crippen LogP contribution in [-0.4, -0.2) is 54.3 Å². The summed E-state index contributed by atoms with van der Waals surface area (Å²) >= 11 is 0. The number of anilines is 1. The highest BCUT2D eigenvalue weighted by molar-refractivity contribution is 5.91. The van der Waals surface area contributed by atoms with E-state index in [2.05, 4.69) is 10.6 Å². The SMILES string of the molecule is CCN(CC(=O)O)C1CC(NC(=O)Nc2cc(F)c(F)cc2OC)C1. The Labute approximate surface area is 143 Å². The van der Waals surface area contributed by atoms with E-state index in [1.165, 1.54) is 7.11 Å². The summed E-state index contributed by atoms with van der Waals surface area (Å²) in [5.74, 6) is -3.03. The molecule has 0 bridgehead atoms. The van der Waals surface area contributed by atoms with Crippen LogP contribution in [0.4, 0.5) is 19.3 Å². The van der Waals surface area contributed by atoms with Crippen molar-refractivity contribution in [3.63, 3.8) is 0 Å². The Kier molecular flexibility index (Phi) is 6.13. The molecule has 0 unspecified atom stereocenters. The van der Waals surface area contributed by atoms with Crippen LogP contribution >= 0.6 is 0 Å². The summed E-state index contributed by atoms with van der Waals surface area (Å²) in [6.07, 6.45) is 1.26. The molecule has 0 spiro atoms. The third-order valence-corrected chi connectivity index (χ3v) is 4.20. The number of hydrogen-bond donors (Lipinski definition) is 3. The summed E-state index contributed by atoms with van der Waals surface area (Å²) in [5.41, 5.74) is 0.0239. The number of rotatable bonds is 7. The molecule has 0 radical (unpaired) electrons. The van der Waals surface area contributed by atoms with Crippen LogP contribution in [0.5, 0.6) is 5.75 Å². The number of ether oxygens (including phenoxy) is 1. The van der Waals surface area contributed by atoms with Gasteiger partial charge in [0.1, 0.15) is 5.75 Å². The number of benzene rings is 1. The molecule has 0 aliphatic heterocycles. The second-order valence-electron chi connectivity index (χ2n) is 5.84. The number of halogens is 2. The van der Waals surface area contributed by atoms with Gasteiger partial charge < -0.3 is 20.5 Å². The molecule has 2 amide bonds. The van der Waals surface area contributed by atoms with Crippen LogP contribution < -0.4 is 15.4 Å². The predicted molar refractivity (Wildman–Crippen MR) is 86.8 cm³/mol. The molecule has 7 nitrogen and oxygen atoms in total. The molecule has 25 heavy (non-hydrogen) atoms. The van der Waals surface area contributed by atoms with Crippen LogP contribution in [0, 0.1) is 11.6 Å². The maximum absolute atomic E-state index is 13.3. The molecule has 2 rings (SSSR count). The molecule has 9 heteroatoms. The highest BCUT2D eigenvalue weighted by atomic mass is 19.2. The van der Waals surface area contributed by atoms with E-state index in [0.717, 1.165) is 12.1 Å². The Bertz CT molecular complexity index is 651. The number of likely N-dealkylation sites (N-methyl/N-ethyl adjacent to an activating group) is 1. The van der Waals surface area contributed by atoms with Gasteiger partial charge in [-0.25, -0.2) is 13.6 Å². The van der Waals surface area contributed by atoms with Crippen molar-refractivity contribution in [3.05, 3.63) is 23.8 Å². The molecule has 138 valence electrons. The van der Waals surface area contributed by atoms with E-state index in [1.54, 1.807) is 0 Å². The van der Waals surface area contributed by atoms with Crippen molar-refractivity contribution in [2.24, 2.45) is 0 Å². The van der Waals surface area contributed by atoms with Gasteiger partial charge in [-0.1, -0.05) is 6.92 Å². The minimum Gasteiger partial charge on any atom is -0.494 e. The highest BCUT2D eigenvalue weighted by Gasteiger charge is 2.34. The topological polar surface area (TPSA) is 90.9 Å². The number of nitrogens with zero attached hydrogens (tertiary/aromatic N) is 1. The molecule has 0 saturated heterocycles. The number of carbonyl (C=O) groups excluding carboxylic acids is 1. The Balaban J connectivity index is 1.86. The molecule has 1 fully saturated rings. The number of nitrogens with one attached hydrogen (secondary N) is 2. The van der Waals surface area contributed by atoms with E-state index < -0.39 is 23.6 Å². The smallest absolute Gasteiger partial charge is 0.319 e. The zero-order valence-corrected chi connectivity index (χ0v) is 14.0. The number of amides is 2. The van der Waals surface area contributed by atoms with E-state index >= 15 is 0 Å². The molecular formula is C16H21F2N3O4. The number of carbonyl (C=O) groups is 2. The molecule has 0 aromatic heterocycles. The molecule has 3 N–H and O–H groups in total. The summed E-state index contributed by atoms with van der Waals surface area (Å²) < 4.78 is 31.4. The molecular weight excluding hydrogens is 336 g/mol. The second kappa shape index (κ2) is 8.11. The normalized spacial score (nSPS) is 19.2. The van der Waals surface area contributed by atoms with Crippen molar-refractivity contribution in [2.45, 2.75) is 31.8 Å². The number of carboxylic acid groups (broad SMARTS) is 1. The zero-order valence-electron chi connectivity index (χ0n) is 14.0. The molecule has 0 heterocycles. The van der Waals surface area contributed by atoms with E-state index in [1.807, 2.05) is 11.8 Å². The first kappa shape index (κ1) is 18.9. The largest absolute Gasteiger partial charge is 0.494 e. The first-order valence-electron chi connectivity index (χ1n) is 7.90. The van der Waals surface area contributed by atoms with E-state index in [9.17, 15) is 18.4 Å². The number of carboxylic acids is 1. The lowest BCUT2D eigenvalue weighted by Gasteiger charge is -2.42.